The molecule has 1 atom stereocenters. The molecule has 0 fully saturated rings. The first-order valence-corrected chi connectivity index (χ1v) is 5.50. The molecule has 0 saturated carbocycles. The summed E-state index contributed by atoms with van der Waals surface area (Å²) in [5.41, 5.74) is 1.24. The number of rotatable bonds is 6. The molecule has 0 saturated heterocycles. The van der Waals surface area contributed by atoms with Gasteiger partial charge in [-0.3, -0.25) is 0 Å². The number of hydrogen-bond donors (Lipinski definition) is 1. The number of furan rings is 1. The lowest BCUT2D eigenvalue weighted by Crippen LogP contribution is -2.25. The Kier molecular flexibility index (Phi) is 4.74. The Labute approximate surface area is 86.7 Å². The van der Waals surface area contributed by atoms with Crippen molar-refractivity contribution < 1.29 is 4.42 Å². The summed E-state index contributed by atoms with van der Waals surface area (Å²) < 4.78 is 5.36. The number of aryl methyl sites for hydroxylation is 1. The van der Waals surface area contributed by atoms with Crippen molar-refractivity contribution in [2.24, 2.45) is 0 Å². The number of hydrogen-bond acceptors (Lipinski definition) is 2. The molecule has 1 N–H and O–H groups in total. The van der Waals surface area contributed by atoms with E-state index in [1.54, 1.807) is 6.26 Å². The molecular formula is C12H21NO. The summed E-state index contributed by atoms with van der Waals surface area (Å²) in [5, 5.41) is 3.47. The standard InChI is InChI=1S/C12H21NO/c1-4-5-6-11(3)13-9-12-10(2)7-8-14-12/h7-8,11,13H,4-6,9H2,1-3H3. The second-order valence-electron chi connectivity index (χ2n) is 3.95. The van der Waals surface area contributed by atoms with E-state index >= 15 is 0 Å². The molecular weight excluding hydrogens is 174 g/mol. The van der Waals surface area contributed by atoms with E-state index in [4.69, 9.17) is 4.42 Å². The van der Waals surface area contributed by atoms with Crippen LogP contribution in [0.15, 0.2) is 16.7 Å². The van der Waals surface area contributed by atoms with Crippen LogP contribution >= 0.6 is 0 Å². The van der Waals surface area contributed by atoms with E-state index in [0.717, 1.165) is 12.3 Å². The third kappa shape index (κ3) is 3.54. The summed E-state index contributed by atoms with van der Waals surface area (Å²) in [6.07, 6.45) is 5.57. The minimum Gasteiger partial charge on any atom is -0.468 e. The first-order chi connectivity index (χ1) is 6.74. The van der Waals surface area contributed by atoms with Gasteiger partial charge < -0.3 is 9.73 Å². The fraction of sp³-hybridized carbons (Fsp3) is 0.667. The average Bonchev–Trinajstić information content (AvgIpc) is 2.58. The fourth-order valence-corrected chi connectivity index (χ4v) is 1.46. The van der Waals surface area contributed by atoms with Gasteiger partial charge in [-0.2, -0.15) is 0 Å². The molecule has 2 heteroatoms. The van der Waals surface area contributed by atoms with Crippen molar-refractivity contribution in [1.29, 1.82) is 0 Å². The Balaban J connectivity index is 2.23. The molecule has 0 aliphatic rings. The highest BCUT2D eigenvalue weighted by molar-refractivity contribution is 5.14. The van der Waals surface area contributed by atoms with E-state index in [2.05, 4.69) is 26.1 Å². The fourth-order valence-electron chi connectivity index (χ4n) is 1.46. The van der Waals surface area contributed by atoms with Crippen molar-refractivity contribution >= 4 is 0 Å². The average molecular weight is 195 g/mol. The molecule has 0 aromatic carbocycles. The predicted octanol–water partition coefficient (Wildman–Crippen LogP) is 3.26. The lowest BCUT2D eigenvalue weighted by Gasteiger charge is -2.12. The highest BCUT2D eigenvalue weighted by Gasteiger charge is 2.04. The van der Waals surface area contributed by atoms with Crippen LogP contribution in [-0.4, -0.2) is 6.04 Å². The summed E-state index contributed by atoms with van der Waals surface area (Å²) >= 11 is 0. The van der Waals surface area contributed by atoms with Crippen molar-refractivity contribution in [3.63, 3.8) is 0 Å². The van der Waals surface area contributed by atoms with Crippen molar-refractivity contribution in [2.45, 2.75) is 52.6 Å². The normalized spacial score (nSPS) is 13.1. The van der Waals surface area contributed by atoms with Crippen LogP contribution in [0, 0.1) is 6.92 Å². The Morgan fingerprint density at radius 3 is 2.86 bits per heavy atom. The maximum Gasteiger partial charge on any atom is 0.120 e. The monoisotopic (exact) mass is 195 g/mol. The van der Waals surface area contributed by atoms with Gasteiger partial charge in [0.25, 0.3) is 0 Å². The van der Waals surface area contributed by atoms with Gasteiger partial charge >= 0.3 is 0 Å². The van der Waals surface area contributed by atoms with E-state index in [9.17, 15) is 0 Å². The molecule has 1 unspecified atom stereocenters. The van der Waals surface area contributed by atoms with Gasteiger partial charge in [-0.1, -0.05) is 19.8 Å². The van der Waals surface area contributed by atoms with Crippen LogP contribution in [0.5, 0.6) is 0 Å². The van der Waals surface area contributed by atoms with Crippen LogP contribution in [0.4, 0.5) is 0 Å². The van der Waals surface area contributed by atoms with E-state index in [1.165, 1.54) is 24.8 Å². The van der Waals surface area contributed by atoms with Crippen molar-refractivity contribution in [3.05, 3.63) is 23.7 Å². The molecule has 0 radical (unpaired) electrons. The Morgan fingerprint density at radius 1 is 1.50 bits per heavy atom. The van der Waals surface area contributed by atoms with Crippen LogP contribution in [-0.2, 0) is 6.54 Å². The highest BCUT2D eigenvalue weighted by Crippen LogP contribution is 2.09. The summed E-state index contributed by atoms with van der Waals surface area (Å²) in [5.74, 6) is 1.06. The Morgan fingerprint density at radius 2 is 2.29 bits per heavy atom. The maximum absolute atomic E-state index is 5.36. The first-order valence-electron chi connectivity index (χ1n) is 5.50. The lowest BCUT2D eigenvalue weighted by atomic mass is 10.1. The number of nitrogens with one attached hydrogen (secondary N) is 1. The zero-order valence-electron chi connectivity index (χ0n) is 9.47. The third-order valence-corrected chi connectivity index (χ3v) is 2.57. The topological polar surface area (TPSA) is 25.2 Å². The minimum absolute atomic E-state index is 0.583. The molecule has 0 spiro atoms. The quantitative estimate of drug-likeness (QED) is 0.753. The van der Waals surface area contributed by atoms with Crippen molar-refractivity contribution in [3.8, 4) is 0 Å². The van der Waals surface area contributed by atoms with Crippen LogP contribution < -0.4 is 5.32 Å². The van der Waals surface area contributed by atoms with Crippen LogP contribution in [0.25, 0.3) is 0 Å². The molecule has 2 nitrogen and oxygen atoms in total. The maximum atomic E-state index is 5.36. The molecule has 1 heterocycles. The lowest BCUT2D eigenvalue weighted by molar-refractivity contribution is 0.435. The molecule has 0 amide bonds. The summed E-state index contributed by atoms with van der Waals surface area (Å²) in [6.45, 7) is 7.39. The summed E-state index contributed by atoms with van der Waals surface area (Å²) in [4.78, 5) is 0. The second-order valence-corrected chi connectivity index (χ2v) is 3.95. The van der Waals surface area contributed by atoms with Crippen LogP contribution in [0.3, 0.4) is 0 Å². The van der Waals surface area contributed by atoms with Gasteiger partial charge in [0, 0.05) is 6.04 Å². The van der Waals surface area contributed by atoms with Gasteiger partial charge in [-0.15, -0.1) is 0 Å². The molecule has 14 heavy (non-hydrogen) atoms. The minimum atomic E-state index is 0.583. The van der Waals surface area contributed by atoms with Gasteiger partial charge in [0.05, 0.1) is 12.8 Å². The summed E-state index contributed by atoms with van der Waals surface area (Å²) in [7, 11) is 0. The first kappa shape index (κ1) is 11.3. The Bertz CT molecular complexity index is 255. The largest absolute Gasteiger partial charge is 0.468 e. The van der Waals surface area contributed by atoms with Crippen molar-refractivity contribution in [2.75, 3.05) is 0 Å². The van der Waals surface area contributed by atoms with Crippen molar-refractivity contribution in [1.82, 2.24) is 5.32 Å². The summed E-state index contributed by atoms with van der Waals surface area (Å²) in [6, 6.07) is 2.59. The second kappa shape index (κ2) is 5.86. The molecule has 0 aliphatic carbocycles. The van der Waals surface area contributed by atoms with Gasteiger partial charge in [-0.25, -0.2) is 0 Å². The molecule has 1 aromatic heterocycles. The van der Waals surface area contributed by atoms with Gasteiger partial charge in [0.1, 0.15) is 5.76 Å². The highest BCUT2D eigenvalue weighted by atomic mass is 16.3. The van der Waals surface area contributed by atoms with Gasteiger partial charge in [0.2, 0.25) is 0 Å². The smallest absolute Gasteiger partial charge is 0.120 e. The third-order valence-electron chi connectivity index (χ3n) is 2.57. The molecule has 0 bridgehead atoms. The van der Waals surface area contributed by atoms with Gasteiger partial charge in [0.15, 0.2) is 0 Å². The van der Waals surface area contributed by atoms with Crippen LogP contribution in [0.1, 0.15) is 44.4 Å². The molecule has 0 aliphatic heterocycles. The Hall–Kier alpha value is -0.760. The SMILES string of the molecule is CCCCC(C)NCc1occc1C. The van der Waals surface area contributed by atoms with E-state index in [1.807, 2.05) is 6.07 Å². The zero-order valence-corrected chi connectivity index (χ0v) is 9.47. The molecule has 80 valence electrons. The number of unbranched alkanes of at least 4 members (excludes halogenated alkanes) is 1. The molecule has 1 rings (SSSR count). The predicted molar refractivity (Wildman–Crippen MR) is 59.3 cm³/mol. The molecule has 1 aromatic rings. The van der Waals surface area contributed by atoms with Crippen LogP contribution in [0.2, 0.25) is 0 Å². The van der Waals surface area contributed by atoms with E-state index in [-0.39, 0.29) is 0 Å². The van der Waals surface area contributed by atoms with E-state index < -0.39 is 0 Å². The zero-order chi connectivity index (χ0) is 10.4. The van der Waals surface area contributed by atoms with Gasteiger partial charge in [-0.05, 0) is 31.9 Å². The van der Waals surface area contributed by atoms with E-state index in [0.29, 0.717) is 6.04 Å².